The van der Waals surface area contributed by atoms with Gasteiger partial charge in [0, 0.05) is 6.42 Å². The highest BCUT2D eigenvalue weighted by Crippen LogP contribution is 2.18. The number of hydrogen-bond acceptors (Lipinski definition) is 3. The number of nitrogens with zero attached hydrogens (tertiary/aromatic N) is 1. The van der Waals surface area contributed by atoms with E-state index in [1.165, 1.54) is 0 Å². The number of rotatable bonds is 7. The van der Waals surface area contributed by atoms with Crippen LogP contribution in [-0.2, 0) is 16.0 Å². The minimum absolute atomic E-state index is 0.0487. The Morgan fingerprint density at radius 2 is 1.56 bits per heavy atom. The van der Waals surface area contributed by atoms with Gasteiger partial charge in [-0.15, -0.1) is 0 Å². The highest BCUT2D eigenvalue weighted by Gasteiger charge is 2.09. The maximum Gasteiger partial charge on any atom is 0.303 e. The van der Waals surface area contributed by atoms with Crippen LogP contribution in [0.25, 0.3) is 10.8 Å². The van der Waals surface area contributed by atoms with Crippen molar-refractivity contribution in [3.05, 3.63) is 83.9 Å². The molecule has 5 heteroatoms. The molecule has 0 fully saturated rings. The maximum atomic E-state index is 12.4. The van der Waals surface area contributed by atoms with Crippen molar-refractivity contribution in [3.63, 3.8) is 0 Å². The second-order valence-electron chi connectivity index (χ2n) is 6.17. The number of carbonyl (C=O) groups excluding carboxylic acids is 1. The van der Waals surface area contributed by atoms with Gasteiger partial charge in [0.25, 0.3) is 0 Å². The third-order valence-electron chi connectivity index (χ3n) is 4.23. The van der Waals surface area contributed by atoms with Crippen molar-refractivity contribution in [2.24, 2.45) is 5.10 Å². The number of fused-ring (bicyclic) bond motifs is 1. The van der Waals surface area contributed by atoms with E-state index in [1.54, 1.807) is 0 Å². The average Bonchev–Trinajstić information content (AvgIpc) is 2.69. The molecule has 0 aliphatic rings. The molecule has 0 bridgehead atoms. The number of hydrazone groups is 1. The summed E-state index contributed by atoms with van der Waals surface area (Å²) < 4.78 is 0. The quantitative estimate of drug-likeness (QED) is 0.497. The van der Waals surface area contributed by atoms with Gasteiger partial charge in [0.1, 0.15) is 0 Å². The van der Waals surface area contributed by atoms with Gasteiger partial charge in [0.15, 0.2) is 0 Å². The summed E-state index contributed by atoms with van der Waals surface area (Å²) in [7, 11) is 0. The number of carboxylic acid groups (broad SMARTS) is 1. The molecule has 1 amide bonds. The second kappa shape index (κ2) is 8.76. The SMILES string of the molecule is O=C(O)CC/C(=N\NC(=O)Cc1cccc2ccccc12)c1ccccc1. The molecule has 136 valence electrons. The Bertz CT molecular complexity index is 976. The van der Waals surface area contributed by atoms with Gasteiger partial charge in [-0.3, -0.25) is 9.59 Å². The van der Waals surface area contributed by atoms with E-state index in [1.807, 2.05) is 72.8 Å². The Balaban J connectivity index is 1.75. The molecule has 27 heavy (non-hydrogen) atoms. The number of aliphatic carboxylic acids is 1. The molecule has 0 atom stereocenters. The molecular weight excluding hydrogens is 340 g/mol. The summed E-state index contributed by atoms with van der Waals surface area (Å²) in [5, 5.41) is 15.3. The summed E-state index contributed by atoms with van der Waals surface area (Å²) in [5.74, 6) is -1.14. The number of amides is 1. The van der Waals surface area contributed by atoms with Crippen molar-refractivity contribution in [1.82, 2.24) is 5.43 Å². The molecule has 0 heterocycles. The van der Waals surface area contributed by atoms with E-state index in [9.17, 15) is 9.59 Å². The largest absolute Gasteiger partial charge is 0.481 e. The summed E-state index contributed by atoms with van der Waals surface area (Å²) in [6, 6.07) is 23.0. The van der Waals surface area contributed by atoms with Crippen LogP contribution in [0, 0.1) is 0 Å². The van der Waals surface area contributed by atoms with Gasteiger partial charge in [0.05, 0.1) is 18.6 Å². The van der Waals surface area contributed by atoms with E-state index in [4.69, 9.17) is 5.11 Å². The fraction of sp³-hybridized carbons (Fsp3) is 0.136. The average molecular weight is 360 g/mol. The van der Waals surface area contributed by atoms with E-state index >= 15 is 0 Å². The minimum atomic E-state index is -0.902. The fourth-order valence-electron chi connectivity index (χ4n) is 2.91. The third-order valence-corrected chi connectivity index (χ3v) is 4.23. The molecule has 0 aromatic heterocycles. The van der Waals surface area contributed by atoms with Crippen molar-refractivity contribution in [2.75, 3.05) is 0 Å². The van der Waals surface area contributed by atoms with Gasteiger partial charge in [-0.2, -0.15) is 5.10 Å². The first-order valence-electron chi connectivity index (χ1n) is 8.73. The summed E-state index contributed by atoms with van der Waals surface area (Å²) in [6.07, 6.45) is 0.396. The molecule has 3 aromatic carbocycles. The van der Waals surface area contributed by atoms with Crippen LogP contribution in [0.2, 0.25) is 0 Å². The lowest BCUT2D eigenvalue weighted by atomic mass is 10.0. The summed E-state index contributed by atoms with van der Waals surface area (Å²) >= 11 is 0. The van der Waals surface area contributed by atoms with Crippen LogP contribution < -0.4 is 5.43 Å². The predicted octanol–water partition coefficient (Wildman–Crippen LogP) is 3.77. The van der Waals surface area contributed by atoms with Crippen molar-refractivity contribution in [1.29, 1.82) is 0 Å². The Morgan fingerprint density at radius 3 is 2.33 bits per heavy atom. The Labute approximate surface area is 157 Å². The lowest BCUT2D eigenvalue weighted by Gasteiger charge is -2.08. The summed E-state index contributed by atoms with van der Waals surface area (Å²) in [4.78, 5) is 23.3. The molecule has 3 rings (SSSR count). The molecule has 3 aromatic rings. The zero-order valence-corrected chi connectivity index (χ0v) is 14.8. The normalized spacial score (nSPS) is 11.3. The first-order chi connectivity index (χ1) is 13.1. The van der Waals surface area contributed by atoms with Gasteiger partial charge in [-0.05, 0) is 21.9 Å². The van der Waals surface area contributed by atoms with Crippen LogP contribution >= 0.6 is 0 Å². The van der Waals surface area contributed by atoms with Crippen molar-refractivity contribution in [3.8, 4) is 0 Å². The van der Waals surface area contributed by atoms with Gasteiger partial charge in [-0.1, -0.05) is 72.8 Å². The Morgan fingerprint density at radius 1 is 0.852 bits per heavy atom. The number of carbonyl (C=O) groups is 2. The van der Waals surface area contributed by atoms with Crippen molar-refractivity contribution >= 4 is 28.4 Å². The Hall–Kier alpha value is -3.47. The second-order valence-corrected chi connectivity index (χ2v) is 6.17. The van der Waals surface area contributed by atoms with Crippen LogP contribution in [0.4, 0.5) is 0 Å². The van der Waals surface area contributed by atoms with E-state index in [0.29, 0.717) is 5.71 Å². The van der Waals surface area contributed by atoms with E-state index < -0.39 is 5.97 Å². The minimum Gasteiger partial charge on any atom is -0.481 e. The number of benzene rings is 3. The zero-order valence-electron chi connectivity index (χ0n) is 14.8. The van der Waals surface area contributed by atoms with Crippen molar-refractivity contribution < 1.29 is 14.7 Å². The van der Waals surface area contributed by atoms with Gasteiger partial charge in [0.2, 0.25) is 5.91 Å². The van der Waals surface area contributed by atoms with Crippen LogP contribution in [0.1, 0.15) is 24.0 Å². The molecule has 0 saturated carbocycles. The van der Waals surface area contributed by atoms with Crippen LogP contribution in [0.5, 0.6) is 0 Å². The van der Waals surface area contributed by atoms with Gasteiger partial charge < -0.3 is 5.11 Å². The van der Waals surface area contributed by atoms with Crippen LogP contribution in [0.3, 0.4) is 0 Å². The monoisotopic (exact) mass is 360 g/mol. The molecule has 0 aliphatic heterocycles. The lowest BCUT2D eigenvalue weighted by molar-refractivity contribution is -0.136. The molecule has 0 spiro atoms. The molecular formula is C22H20N2O3. The first-order valence-corrected chi connectivity index (χ1v) is 8.73. The smallest absolute Gasteiger partial charge is 0.303 e. The predicted molar refractivity (Wildman–Crippen MR) is 106 cm³/mol. The zero-order chi connectivity index (χ0) is 19.1. The van der Waals surface area contributed by atoms with Gasteiger partial charge in [-0.25, -0.2) is 5.43 Å². The van der Waals surface area contributed by atoms with E-state index in [2.05, 4.69) is 10.5 Å². The number of carboxylic acids is 1. The lowest BCUT2D eigenvalue weighted by Crippen LogP contribution is -2.22. The molecule has 2 N–H and O–H groups in total. The third kappa shape index (κ3) is 5.01. The number of hydrogen-bond donors (Lipinski definition) is 2. The summed E-state index contributed by atoms with van der Waals surface area (Å²) in [6.45, 7) is 0. The van der Waals surface area contributed by atoms with Gasteiger partial charge >= 0.3 is 5.97 Å². The Kier molecular flexibility index (Phi) is 5.94. The first kappa shape index (κ1) is 18.3. The van der Waals surface area contributed by atoms with Crippen LogP contribution in [-0.4, -0.2) is 22.7 Å². The number of nitrogens with one attached hydrogen (secondary N) is 1. The highest BCUT2D eigenvalue weighted by atomic mass is 16.4. The summed E-state index contributed by atoms with van der Waals surface area (Å²) in [5.41, 5.74) is 4.84. The maximum absolute atomic E-state index is 12.4. The molecule has 0 radical (unpaired) electrons. The highest BCUT2D eigenvalue weighted by molar-refractivity contribution is 6.02. The van der Waals surface area contributed by atoms with E-state index in [0.717, 1.165) is 21.9 Å². The van der Waals surface area contributed by atoms with Crippen LogP contribution in [0.15, 0.2) is 77.9 Å². The molecule has 0 unspecified atom stereocenters. The molecule has 5 nitrogen and oxygen atoms in total. The standard InChI is InChI=1S/C22H20N2O3/c25-21(15-18-11-6-10-16-7-4-5-12-19(16)18)24-23-20(13-14-22(26)27)17-8-2-1-3-9-17/h1-12H,13-15H2,(H,24,25)(H,26,27)/b23-20+. The topological polar surface area (TPSA) is 78.8 Å². The fourth-order valence-corrected chi connectivity index (χ4v) is 2.91. The van der Waals surface area contributed by atoms with E-state index in [-0.39, 0.29) is 25.2 Å². The molecule has 0 aliphatic carbocycles. The van der Waals surface area contributed by atoms with Crippen molar-refractivity contribution in [2.45, 2.75) is 19.3 Å². The molecule has 0 saturated heterocycles.